The Morgan fingerprint density at radius 3 is 2.76 bits per heavy atom. The number of hydrogen-bond donors (Lipinski definition) is 3. The highest BCUT2D eigenvalue weighted by Crippen LogP contribution is 2.10. The quantitative estimate of drug-likeness (QED) is 0.506. The zero-order chi connectivity index (χ0) is 15.9. The molecule has 0 fully saturated rings. The van der Waals surface area contributed by atoms with E-state index in [1.165, 1.54) is 6.07 Å². The van der Waals surface area contributed by atoms with Crippen LogP contribution in [-0.2, 0) is 10.0 Å². The van der Waals surface area contributed by atoms with E-state index in [9.17, 15) is 17.6 Å². The summed E-state index contributed by atoms with van der Waals surface area (Å²) in [6, 6.07) is 3.51. The molecule has 1 aromatic carbocycles. The molecule has 1 rings (SSSR count). The molecular weight excluding hydrogens is 299 g/mol. The van der Waals surface area contributed by atoms with Crippen molar-refractivity contribution in [2.45, 2.75) is 6.42 Å². The van der Waals surface area contributed by atoms with Gasteiger partial charge in [-0.15, -0.1) is 0 Å². The number of carbonyl (C=O) groups excluding carboxylic acids is 1. The van der Waals surface area contributed by atoms with Crippen molar-refractivity contribution in [3.05, 3.63) is 35.1 Å². The molecule has 0 spiro atoms. The summed E-state index contributed by atoms with van der Waals surface area (Å²) in [7, 11) is -3.58. The molecule has 6 nitrogen and oxygen atoms in total. The third kappa shape index (κ3) is 6.35. The standard InChI is InChI=1S/C13H15FN2O4S/c14-11-5-4-10(3-1-7-17)12(9-11)13(18)16-6-2-8-21(15,19)20/h4-5,9,17H,2,6-8H2,(H,16,18)(H2,15,19,20). The van der Waals surface area contributed by atoms with Gasteiger partial charge in [-0.25, -0.2) is 17.9 Å². The predicted molar refractivity (Wildman–Crippen MR) is 75.3 cm³/mol. The summed E-state index contributed by atoms with van der Waals surface area (Å²) in [5.41, 5.74) is 0.293. The molecule has 21 heavy (non-hydrogen) atoms. The normalized spacial score (nSPS) is 10.6. The van der Waals surface area contributed by atoms with Crippen LogP contribution in [0.15, 0.2) is 18.2 Å². The molecule has 0 atom stereocenters. The molecule has 0 bridgehead atoms. The van der Waals surface area contributed by atoms with Crippen LogP contribution in [0.25, 0.3) is 0 Å². The Balaban J connectivity index is 2.75. The molecule has 114 valence electrons. The number of sulfonamides is 1. The molecule has 1 amide bonds. The van der Waals surface area contributed by atoms with Crippen LogP contribution in [0.2, 0.25) is 0 Å². The van der Waals surface area contributed by atoms with Crippen molar-refractivity contribution < 1.29 is 22.7 Å². The highest BCUT2D eigenvalue weighted by atomic mass is 32.2. The summed E-state index contributed by atoms with van der Waals surface area (Å²) in [5, 5.41) is 15.9. The van der Waals surface area contributed by atoms with Gasteiger partial charge in [-0.05, 0) is 24.6 Å². The third-order valence-corrected chi connectivity index (χ3v) is 3.28. The fourth-order valence-corrected chi connectivity index (χ4v) is 2.07. The van der Waals surface area contributed by atoms with Crippen molar-refractivity contribution >= 4 is 15.9 Å². The van der Waals surface area contributed by atoms with Gasteiger partial charge >= 0.3 is 0 Å². The summed E-state index contributed by atoms with van der Waals surface area (Å²) < 4.78 is 34.7. The van der Waals surface area contributed by atoms with Gasteiger partial charge in [-0.2, -0.15) is 0 Å². The van der Waals surface area contributed by atoms with Crippen LogP contribution in [-0.4, -0.2) is 38.3 Å². The van der Waals surface area contributed by atoms with Crippen LogP contribution in [0.3, 0.4) is 0 Å². The molecule has 0 radical (unpaired) electrons. The van der Waals surface area contributed by atoms with Gasteiger partial charge < -0.3 is 10.4 Å². The van der Waals surface area contributed by atoms with E-state index in [0.717, 1.165) is 12.1 Å². The zero-order valence-corrected chi connectivity index (χ0v) is 11.9. The van der Waals surface area contributed by atoms with Crippen LogP contribution in [0.1, 0.15) is 22.3 Å². The summed E-state index contributed by atoms with van der Waals surface area (Å²) in [4.78, 5) is 11.9. The minimum Gasteiger partial charge on any atom is -0.384 e. The molecule has 0 aliphatic carbocycles. The number of carbonyl (C=O) groups is 1. The van der Waals surface area contributed by atoms with E-state index in [1.54, 1.807) is 0 Å². The van der Waals surface area contributed by atoms with Crippen molar-refractivity contribution in [3.63, 3.8) is 0 Å². The van der Waals surface area contributed by atoms with Gasteiger partial charge in [-0.3, -0.25) is 4.79 Å². The fourth-order valence-electron chi connectivity index (χ4n) is 1.52. The minimum absolute atomic E-state index is 0.0200. The second-order valence-corrected chi connectivity index (χ2v) is 5.86. The van der Waals surface area contributed by atoms with Gasteiger partial charge in [0.05, 0.1) is 11.3 Å². The number of primary sulfonamides is 1. The second kappa shape index (κ2) is 7.73. The first kappa shape index (κ1) is 17.1. The lowest BCUT2D eigenvalue weighted by atomic mass is 10.1. The van der Waals surface area contributed by atoms with Gasteiger partial charge in [0.15, 0.2) is 0 Å². The van der Waals surface area contributed by atoms with E-state index in [-0.39, 0.29) is 36.5 Å². The SMILES string of the molecule is NS(=O)(=O)CCCNC(=O)c1cc(F)ccc1C#CCO. The molecule has 0 saturated carbocycles. The Morgan fingerprint density at radius 1 is 1.43 bits per heavy atom. The van der Waals surface area contributed by atoms with E-state index in [2.05, 4.69) is 17.2 Å². The Hall–Kier alpha value is -1.95. The van der Waals surface area contributed by atoms with Crippen molar-refractivity contribution in [1.82, 2.24) is 5.32 Å². The maximum atomic E-state index is 13.2. The van der Waals surface area contributed by atoms with E-state index in [0.29, 0.717) is 0 Å². The fraction of sp³-hybridized carbons (Fsp3) is 0.308. The number of aliphatic hydroxyl groups is 1. The average molecular weight is 314 g/mol. The largest absolute Gasteiger partial charge is 0.384 e. The number of rotatable bonds is 5. The molecule has 4 N–H and O–H groups in total. The van der Waals surface area contributed by atoms with Crippen LogP contribution < -0.4 is 10.5 Å². The zero-order valence-electron chi connectivity index (χ0n) is 11.1. The Morgan fingerprint density at radius 2 is 2.14 bits per heavy atom. The number of amides is 1. The van der Waals surface area contributed by atoms with Gasteiger partial charge in [0.1, 0.15) is 12.4 Å². The highest BCUT2D eigenvalue weighted by molar-refractivity contribution is 7.89. The number of halogens is 1. The molecule has 0 aromatic heterocycles. The van der Waals surface area contributed by atoms with Crippen molar-refractivity contribution in [1.29, 1.82) is 0 Å². The Labute approximate surface area is 122 Å². The number of nitrogens with one attached hydrogen (secondary N) is 1. The predicted octanol–water partition coefficient (Wildman–Crippen LogP) is -0.422. The number of benzene rings is 1. The third-order valence-electron chi connectivity index (χ3n) is 2.42. The second-order valence-electron chi connectivity index (χ2n) is 4.13. The minimum atomic E-state index is -3.58. The first-order chi connectivity index (χ1) is 9.83. The average Bonchev–Trinajstić information content (AvgIpc) is 2.41. The lowest BCUT2D eigenvalue weighted by Gasteiger charge is -2.07. The number of hydrogen-bond acceptors (Lipinski definition) is 4. The first-order valence-electron chi connectivity index (χ1n) is 6.01. The summed E-state index contributed by atoms with van der Waals surface area (Å²) in [6.07, 6.45) is 0.150. The van der Waals surface area contributed by atoms with Crippen molar-refractivity contribution in [3.8, 4) is 11.8 Å². The van der Waals surface area contributed by atoms with E-state index < -0.39 is 21.7 Å². The molecule has 0 heterocycles. The van der Waals surface area contributed by atoms with Crippen LogP contribution in [0, 0.1) is 17.7 Å². The molecular formula is C13H15FN2O4S. The molecule has 0 aliphatic rings. The Bertz CT molecular complexity index is 677. The van der Waals surface area contributed by atoms with E-state index in [4.69, 9.17) is 10.2 Å². The van der Waals surface area contributed by atoms with Gasteiger partial charge in [0, 0.05) is 12.1 Å². The lowest BCUT2D eigenvalue weighted by molar-refractivity contribution is 0.0953. The molecule has 0 unspecified atom stereocenters. The van der Waals surface area contributed by atoms with Gasteiger partial charge in [-0.1, -0.05) is 11.8 Å². The topological polar surface area (TPSA) is 109 Å². The van der Waals surface area contributed by atoms with Crippen LogP contribution in [0.4, 0.5) is 4.39 Å². The van der Waals surface area contributed by atoms with E-state index >= 15 is 0 Å². The van der Waals surface area contributed by atoms with Crippen LogP contribution >= 0.6 is 0 Å². The summed E-state index contributed by atoms with van der Waals surface area (Å²) in [6.45, 7) is -0.300. The maximum absolute atomic E-state index is 13.2. The summed E-state index contributed by atoms with van der Waals surface area (Å²) in [5.74, 6) is 3.48. The molecule has 0 aliphatic heterocycles. The van der Waals surface area contributed by atoms with Gasteiger partial charge in [0.2, 0.25) is 10.0 Å². The smallest absolute Gasteiger partial charge is 0.252 e. The van der Waals surface area contributed by atoms with Gasteiger partial charge in [0.25, 0.3) is 5.91 Å². The van der Waals surface area contributed by atoms with Crippen LogP contribution in [0.5, 0.6) is 0 Å². The molecule has 1 aromatic rings. The molecule has 0 saturated heterocycles. The highest BCUT2D eigenvalue weighted by Gasteiger charge is 2.11. The van der Waals surface area contributed by atoms with E-state index in [1.807, 2.05) is 0 Å². The lowest BCUT2D eigenvalue weighted by Crippen LogP contribution is -2.28. The summed E-state index contributed by atoms with van der Waals surface area (Å²) >= 11 is 0. The van der Waals surface area contributed by atoms with Crippen molar-refractivity contribution in [2.75, 3.05) is 18.9 Å². The monoisotopic (exact) mass is 314 g/mol. The Kier molecular flexibility index (Phi) is 6.30. The molecule has 8 heteroatoms. The maximum Gasteiger partial charge on any atom is 0.252 e. The number of nitrogens with two attached hydrogens (primary N) is 1. The number of aliphatic hydroxyl groups excluding tert-OH is 1. The van der Waals surface area contributed by atoms with Crippen molar-refractivity contribution in [2.24, 2.45) is 5.14 Å². The first-order valence-corrected chi connectivity index (χ1v) is 7.73.